The smallest absolute Gasteiger partial charge is 0.0669 e. The van der Waals surface area contributed by atoms with E-state index in [-0.39, 0.29) is 0 Å². The molecule has 5 heteroatoms. The summed E-state index contributed by atoms with van der Waals surface area (Å²) < 4.78 is 4.96. The molecule has 0 fully saturated rings. The monoisotopic (exact) mass is 160 g/mol. The largest absolute Gasteiger partial charge is 0.373 e. The molecule has 0 spiro atoms. The second kappa shape index (κ2) is 8.96. The predicted molar refractivity (Wildman–Crippen MR) is 38.9 cm³/mol. The van der Waals surface area contributed by atoms with Crippen LogP contribution in [0.25, 0.3) is 0 Å². The van der Waals surface area contributed by atoms with Crippen molar-refractivity contribution < 1.29 is 15.2 Å². The van der Waals surface area contributed by atoms with Crippen molar-refractivity contribution in [2.45, 2.75) is 0 Å². The number of nitrogens with one attached hydrogen (secondary N) is 2. The van der Waals surface area contributed by atoms with Gasteiger partial charge in [0.1, 0.15) is 0 Å². The molecule has 0 atom stereocenters. The fraction of sp³-hybridized carbons (Fsp3) is 0.333. The zero-order chi connectivity index (χ0) is 8.36. The summed E-state index contributed by atoms with van der Waals surface area (Å²) in [5.41, 5.74) is 3.68. The van der Waals surface area contributed by atoms with Crippen LogP contribution in [0.2, 0.25) is 0 Å². The highest BCUT2D eigenvalue weighted by Gasteiger charge is 1.76. The van der Waals surface area contributed by atoms with Crippen LogP contribution in [0.5, 0.6) is 0 Å². The summed E-state index contributed by atoms with van der Waals surface area (Å²) in [6, 6.07) is 0. The lowest BCUT2D eigenvalue weighted by atomic mass is 10.6. The number of hydroxylamine groups is 2. The van der Waals surface area contributed by atoms with Gasteiger partial charge in [-0.15, -0.1) is 0 Å². The molecule has 0 rings (SSSR count). The Morgan fingerprint density at radius 2 is 1.45 bits per heavy atom. The van der Waals surface area contributed by atoms with E-state index >= 15 is 0 Å². The van der Waals surface area contributed by atoms with Crippen molar-refractivity contribution in [1.29, 1.82) is 0 Å². The van der Waals surface area contributed by atoms with Crippen LogP contribution >= 0.6 is 0 Å². The van der Waals surface area contributed by atoms with Gasteiger partial charge in [0, 0.05) is 12.4 Å². The van der Waals surface area contributed by atoms with Gasteiger partial charge in [-0.1, -0.05) is 0 Å². The van der Waals surface area contributed by atoms with E-state index in [1.807, 2.05) is 11.0 Å². The van der Waals surface area contributed by atoms with Gasteiger partial charge in [0.2, 0.25) is 0 Å². The molecule has 0 aliphatic heterocycles. The summed E-state index contributed by atoms with van der Waals surface area (Å²) in [4.78, 5) is 0. The molecule has 0 bridgehead atoms. The third-order valence-corrected chi connectivity index (χ3v) is 0.813. The lowest BCUT2D eigenvalue weighted by molar-refractivity contribution is 0.183. The van der Waals surface area contributed by atoms with Crippen molar-refractivity contribution in [3.05, 3.63) is 24.6 Å². The van der Waals surface area contributed by atoms with Gasteiger partial charge in [-0.2, -0.15) is 0 Å². The summed E-state index contributed by atoms with van der Waals surface area (Å²) in [5, 5.41) is 16.1. The van der Waals surface area contributed by atoms with Crippen LogP contribution in [-0.4, -0.2) is 23.6 Å². The van der Waals surface area contributed by atoms with Crippen molar-refractivity contribution >= 4 is 0 Å². The van der Waals surface area contributed by atoms with Crippen LogP contribution in [0.4, 0.5) is 0 Å². The van der Waals surface area contributed by atoms with Crippen LogP contribution in [-0.2, 0) is 4.74 Å². The second-order valence-electron chi connectivity index (χ2n) is 1.60. The third-order valence-electron chi connectivity index (χ3n) is 0.813. The molecule has 0 aromatic carbocycles. The zero-order valence-corrected chi connectivity index (χ0v) is 6.03. The third kappa shape index (κ3) is 8.96. The SMILES string of the molecule is ONC=CCOCC=CNO. The number of hydrogen-bond acceptors (Lipinski definition) is 5. The van der Waals surface area contributed by atoms with Gasteiger partial charge in [0.05, 0.1) is 13.2 Å². The zero-order valence-electron chi connectivity index (χ0n) is 6.03. The average Bonchev–Trinajstić information content (AvgIpc) is 2.03. The second-order valence-corrected chi connectivity index (χ2v) is 1.60. The van der Waals surface area contributed by atoms with Gasteiger partial charge in [-0.3, -0.25) is 21.4 Å². The van der Waals surface area contributed by atoms with Gasteiger partial charge in [-0.25, -0.2) is 0 Å². The average molecular weight is 160 g/mol. The number of rotatable bonds is 6. The Morgan fingerprint density at radius 3 is 1.82 bits per heavy atom. The van der Waals surface area contributed by atoms with E-state index in [2.05, 4.69) is 0 Å². The van der Waals surface area contributed by atoms with E-state index in [0.717, 1.165) is 0 Å². The first kappa shape index (κ1) is 9.96. The molecule has 0 aliphatic rings. The van der Waals surface area contributed by atoms with Crippen LogP contribution < -0.4 is 11.0 Å². The summed E-state index contributed by atoms with van der Waals surface area (Å²) in [7, 11) is 0. The molecule has 0 saturated heterocycles. The summed E-state index contributed by atoms with van der Waals surface area (Å²) in [6.07, 6.45) is 5.93. The molecule has 0 radical (unpaired) electrons. The Morgan fingerprint density at radius 1 is 1.00 bits per heavy atom. The van der Waals surface area contributed by atoms with E-state index in [1.54, 1.807) is 12.2 Å². The van der Waals surface area contributed by atoms with Crippen LogP contribution in [0.3, 0.4) is 0 Å². The maximum atomic E-state index is 8.06. The fourth-order valence-electron chi connectivity index (χ4n) is 0.406. The van der Waals surface area contributed by atoms with Gasteiger partial charge >= 0.3 is 0 Å². The highest BCUT2D eigenvalue weighted by molar-refractivity contribution is 4.79. The van der Waals surface area contributed by atoms with Crippen molar-refractivity contribution in [2.24, 2.45) is 0 Å². The molecule has 11 heavy (non-hydrogen) atoms. The van der Waals surface area contributed by atoms with Crippen LogP contribution in [0, 0.1) is 0 Å². The first-order valence-electron chi connectivity index (χ1n) is 3.09. The van der Waals surface area contributed by atoms with Crippen molar-refractivity contribution in [3.63, 3.8) is 0 Å². The van der Waals surface area contributed by atoms with Crippen molar-refractivity contribution in [3.8, 4) is 0 Å². The molecule has 64 valence electrons. The van der Waals surface area contributed by atoms with E-state index in [9.17, 15) is 0 Å². The quantitative estimate of drug-likeness (QED) is 0.325. The Balaban J connectivity index is 3.02. The Kier molecular flexibility index (Phi) is 8.11. The van der Waals surface area contributed by atoms with Crippen LogP contribution in [0.15, 0.2) is 24.6 Å². The standard InChI is InChI=1S/C6H12N2O3/c9-7-3-1-5-11-6-2-4-8-10/h1-4,7-10H,5-6H2. The molecule has 0 aromatic rings. The predicted octanol–water partition coefficient (Wildman–Crippen LogP) is -0.0120. The minimum atomic E-state index is 0.406. The summed E-state index contributed by atoms with van der Waals surface area (Å²) in [5.74, 6) is 0. The minimum Gasteiger partial charge on any atom is -0.373 e. The highest BCUT2D eigenvalue weighted by Crippen LogP contribution is 1.77. The molecule has 0 unspecified atom stereocenters. The molecule has 4 N–H and O–H groups in total. The Hall–Kier alpha value is -1.04. The maximum absolute atomic E-state index is 8.06. The first-order chi connectivity index (χ1) is 5.41. The molecule has 0 amide bonds. The van der Waals surface area contributed by atoms with Gasteiger partial charge in [-0.05, 0) is 12.2 Å². The topological polar surface area (TPSA) is 73.8 Å². The lowest BCUT2D eigenvalue weighted by Crippen LogP contribution is -1.98. The minimum absolute atomic E-state index is 0.406. The van der Waals surface area contributed by atoms with Crippen molar-refractivity contribution in [2.75, 3.05) is 13.2 Å². The Bertz CT molecular complexity index is 111. The number of hydrogen-bond donors (Lipinski definition) is 4. The van der Waals surface area contributed by atoms with Gasteiger partial charge < -0.3 is 4.74 Å². The molecule has 0 heterocycles. The van der Waals surface area contributed by atoms with Crippen molar-refractivity contribution in [1.82, 2.24) is 11.0 Å². The van der Waals surface area contributed by atoms with E-state index in [4.69, 9.17) is 15.2 Å². The maximum Gasteiger partial charge on any atom is 0.0669 e. The summed E-state index contributed by atoms with van der Waals surface area (Å²) in [6.45, 7) is 0.812. The summed E-state index contributed by atoms with van der Waals surface area (Å²) >= 11 is 0. The van der Waals surface area contributed by atoms with Crippen LogP contribution in [0.1, 0.15) is 0 Å². The normalized spacial score (nSPS) is 11.1. The first-order valence-corrected chi connectivity index (χ1v) is 3.09. The highest BCUT2D eigenvalue weighted by atomic mass is 16.5. The molecule has 0 saturated carbocycles. The van der Waals surface area contributed by atoms with Gasteiger partial charge in [0.15, 0.2) is 0 Å². The molecule has 0 aromatic heterocycles. The van der Waals surface area contributed by atoms with E-state index in [0.29, 0.717) is 13.2 Å². The molecular weight excluding hydrogens is 148 g/mol. The molecule has 5 nitrogen and oxygen atoms in total. The van der Waals surface area contributed by atoms with E-state index < -0.39 is 0 Å². The van der Waals surface area contributed by atoms with E-state index in [1.165, 1.54) is 12.4 Å². The fourth-order valence-corrected chi connectivity index (χ4v) is 0.406. The van der Waals surface area contributed by atoms with Gasteiger partial charge in [0.25, 0.3) is 0 Å². The Labute approximate surface area is 64.9 Å². The molecule has 0 aliphatic carbocycles. The lowest BCUT2D eigenvalue weighted by Gasteiger charge is -1.93. The number of ether oxygens (including phenoxy) is 1. The molecular formula is C6H12N2O3.